The van der Waals surface area contributed by atoms with Crippen LogP contribution in [0.3, 0.4) is 0 Å². The summed E-state index contributed by atoms with van der Waals surface area (Å²) in [6.07, 6.45) is 5.55. The predicted molar refractivity (Wildman–Crippen MR) is 40.1 cm³/mol. The van der Waals surface area contributed by atoms with Gasteiger partial charge < -0.3 is 10.5 Å². The summed E-state index contributed by atoms with van der Waals surface area (Å²) in [5.74, 6) is 0.516. The number of nitrogens with zero attached hydrogens (tertiary/aromatic N) is 2. The van der Waals surface area contributed by atoms with E-state index < -0.39 is 0 Å². The minimum atomic E-state index is 0.340. The van der Waals surface area contributed by atoms with Gasteiger partial charge in [0.1, 0.15) is 18.1 Å². The van der Waals surface area contributed by atoms with E-state index in [2.05, 4.69) is 9.97 Å². The summed E-state index contributed by atoms with van der Waals surface area (Å²) < 4.78 is 5.38. The molecule has 0 spiro atoms. The molecule has 1 aromatic heterocycles. The Labute approximate surface area is 64.4 Å². The van der Waals surface area contributed by atoms with Gasteiger partial charge in [-0.1, -0.05) is 0 Å². The lowest BCUT2D eigenvalue weighted by atomic mass is 10.5. The first kappa shape index (κ1) is 6.39. The van der Waals surface area contributed by atoms with Crippen LogP contribution in [-0.2, 0) is 0 Å². The van der Waals surface area contributed by atoms with E-state index in [1.54, 1.807) is 6.20 Å². The smallest absolute Gasteiger partial charge is 0.240 e. The highest BCUT2D eigenvalue weighted by atomic mass is 16.5. The second kappa shape index (κ2) is 2.38. The van der Waals surface area contributed by atoms with Gasteiger partial charge in [0.15, 0.2) is 0 Å². The van der Waals surface area contributed by atoms with Crippen molar-refractivity contribution in [1.82, 2.24) is 9.97 Å². The molecule has 0 bridgehead atoms. The van der Waals surface area contributed by atoms with E-state index in [-0.39, 0.29) is 0 Å². The lowest BCUT2D eigenvalue weighted by Gasteiger charge is -2.03. The zero-order valence-electron chi connectivity index (χ0n) is 6.03. The van der Waals surface area contributed by atoms with Gasteiger partial charge >= 0.3 is 0 Å². The molecular weight excluding hydrogens is 142 g/mol. The van der Waals surface area contributed by atoms with Crippen molar-refractivity contribution in [1.29, 1.82) is 0 Å². The first-order chi connectivity index (χ1) is 5.36. The fourth-order valence-electron chi connectivity index (χ4n) is 0.771. The van der Waals surface area contributed by atoms with Crippen LogP contribution in [0.5, 0.6) is 5.88 Å². The van der Waals surface area contributed by atoms with Crippen molar-refractivity contribution in [3.63, 3.8) is 0 Å². The molecule has 1 aliphatic carbocycles. The predicted octanol–water partition coefficient (Wildman–Crippen LogP) is 0.600. The van der Waals surface area contributed by atoms with Gasteiger partial charge in [-0.25, -0.2) is 4.98 Å². The molecule has 0 unspecified atom stereocenters. The van der Waals surface area contributed by atoms with Crippen molar-refractivity contribution in [2.75, 3.05) is 5.73 Å². The van der Waals surface area contributed by atoms with Crippen LogP contribution < -0.4 is 10.5 Å². The lowest BCUT2D eigenvalue weighted by Crippen LogP contribution is -2.02. The molecule has 1 aromatic rings. The third-order valence-corrected chi connectivity index (χ3v) is 1.50. The highest BCUT2D eigenvalue weighted by Gasteiger charge is 2.24. The molecule has 2 rings (SSSR count). The van der Waals surface area contributed by atoms with E-state index in [0.717, 1.165) is 12.8 Å². The fourth-order valence-corrected chi connectivity index (χ4v) is 0.771. The second-order valence-corrected chi connectivity index (χ2v) is 2.60. The Morgan fingerprint density at radius 3 is 3.00 bits per heavy atom. The number of aromatic nitrogens is 2. The maximum Gasteiger partial charge on any atom is 0.240 e. The lowest BCUT2D eigenvalue weighted by molar-refractivity contribution is 0.292. The van der Waals surface area contributed by atoms with Crippen molar-refractivity contribution in [3.05, 3.63) is 12.5 Å². The van der Waals surface area contributed by atoms with Crippen LogP contribution in [0.25, 0.3) is 0 Å². The monoisotopic (exact) mass is 151 g/mol. The molecular formula is C7H9N3O. The van der Waals surface area contributed by atoms with Crippen molar-refractivity contribution >= 4 is 5.69 Å². The SMILES string of the molecule is Nc1cncnc1OC1CC1. The molecule has 1 saturated carbocycles. The first-order valence-electron chi connectivity index (χ1n) is 3.58. The van der Waals surface area contributed by atoms with E-state index in [0.29, 0.717) is 17.7 Å². The van der Waals surface area contributed by atoms with Crippen LogP contribution in [0.2, 0.25) is 0 Å². The van der Waals surface area contributed by atoms with Crippen molar-refractivity contribution in [2.24, 2.45) is 0 Å². The van der Waals surface area contributed by atoms with E-state index in [9.17, 15) is 0 Å². The molecule has 0 radical (unpaired) electrons. The molecule has 1 fully saturated rings. The molecule has 0 aromatic carbocycles. The summed E-state index contributed by atoms with van der Waals surface area (Å²) in [6, 6.07) is 0. The number of nitrogen functional groups attached to an aromatic ring is 1. The largest absolute Gasteiger partial charge is 0.473 e. The average molecular weight is 151 g/mol. The quantitative estimate of drug-likeness (QED) is 0.672. The third-order valence-electron chi connectivity index (χ3n) is 1.50. The number of hydrogen-bond acceptors (Lipinski definition) is 4. The van der Waals surface area contributed by atoms with Crippen LogP contribution in [-0.4, -0.2) is 16.1 Å². The molecule has 58 valence electrons. The Hall–Kier alpha value is -1.32. The molecule has 0 atom stereocenters. The van der Waals surface area contributed by atoms with Gasteiger partial charge in [-0.15, -0.1) is 0 Å². The standard InChI is InChI=1S/C7H9N3O/c8-6-3-9-4-10-7(6)11-5-1-2-5/h3-5H,1-2,8H2. The molecule has 1 aliphatic rings. The van der Waals surface area contributed by atoms with Gasteiger partial charge in [0, 0.05) is 0 Å². The van der Waals surface area contributed by atoms with Gasteiger partial charge in [0.05, 0.1) is 6.20 Å². The van der Waals surface area contributed by atoms with Crippen LogP contribution in [0.1, 0.15) is 12.8 Å². The van der Waals surface area contributed by atoms with Crippen LogP contribution in [0, 0.1) is 0 Å². The molecule has 11 heavy (non-hydrogen) atoms. The van der Waals surface area contributed by atoms with Gasteiger partial charge in [0.25, 0.3) is 0 Å². The summed E-state index contributed by atoms with van der Waals surface area (Å²) in [7, 11) is 0. The molecule has 4 heteroatoms. The van der Waals surface area contributed by atoms with Gasteiger partial charge in [-0.3, -0.25) is 0 Å². The Balaban J connectivity index is 2.15. The second-order valence-electron chi connectivity index (χ2n) is 2.60. The van der Waals surface area contributed by atoms with Crippen LogP contribution in [0.4, 0.5) is 5.69 Å². The number of ether oxygens (including phenoxy) is 1. The molecule has 1 heterocycles. The molecule has 0 amide bonds. The summed E-state index contributed by atoms with van der Waals surface area (Å²) in [6.45, 7) is 0. The molecule has 2 N–H and O–H groups in total. The zero-order chi connectivity index (χ0) is 7.68. The normalized spacial score (nSPS) is 16.4. The third kappa shape index (κ3) is 1.39. The Morgan fingerprint density at radius 1 is 1.55 bits per heavy atom. The Kier molecular flexibility index (Phi) is 1.38. The number of rotatable bonds is 2. The van der Waals surface area contributed by atoms with Crippen LogP contribution in [0.15, 0.2) is 12.5 Å². The minimum Gasteiger partial charge on any atom is -0.473 e. The summed E-state index contributed by atoms with van der Waals surface area (Å²) in [5, 5.41) is 0. The minimum absolute atomic E-state index is 0.340. The highest BCUT2D eigenvalue weighted by Crippen LogP contribution is 2.27. The first-order valence-corrected chi connectivity index (χ1v) is 3.58. The Morgan fingerprint density at radius 2 is 2.36 bits per heavy atom. The number of nitrogens with two attached hydrogens (primary N) is 1. The maximum atomic E-state index is 5.55. The van der Waals surface area contributed by atoms with Gasteiger partial charge in [0.2, 0.25) is 5.88 Å². The highest BCUT2D eigenvalue weighted by molar-refractivity contribution is 5.44. The van der Waals surface area contributed by atoms with Gasteiger partial charge in [-0.05, 0) is 12.8 Å². The van der Waals surface area contributed by atoms with Crippen molar-refractivity contribution in [3.8, 4) is 5.88 Å². The summed E-state index contributed by atoms with van der Waals surface area (Å²) in [4.78, 5) is 7.66. The van der Waals surface area contributed by atoms with E-state index >= 15 is 0 Å². The number of anilines is 1. The zero-order valence-corrected chi connectivity index (χ0v) is 6.03. The Bertz CT molecular complexity index is 260. The molecule has 0 aliphatic heterocycles. The van der Waals surface area contributed by atoms with E-state index in [4.69, 9.17) is 10.5 Å². The topological polar surface area (TPSA) is 61.0 Å². The van der Waals surface area contributed by atoms with E-state index in [1.807, 2.05) is 0 Å². The molecule has 4 nitrogen and oxygen atoms in total. The van der Waals surface area contributed by atoms with Crippen LogP contribution >= 0.6 is 0 Å². The fraction of sp³-hybridized carbons (Fsp3) is 0.429. The van der Waals surface area contributed by atoms with Crippen molar-refractivity contribution in [2.45, 2.75) is 18.9 Å². The summed E-state index contributed by atoms with van der Waals surface area (Å²) in [5.41, 5.74) is 6.06. The van der Waals surface area contributed by atoms with Gasteiger partial charge in [-0.2, -0.15) is 4.98 Å². The number of hydrogen-bond donors (Lipinski definition) is 1. The average Bonchev–Trinajstić information content (AvgIpc) is 2.78. The van der Waals surface area contributed by atoms with Crippen molar-refractivity contribution < 1.29 is 4.74 Å². The summed E-state index contributed by atoms with van der Waals surface area (Å²) >= 11 is 0. The molecule has 0 saturated heterocycles. The maximum absolute atomic E-state index is 5.55. The van der Waals surface area contributed by atoms with E-state index in [1.165, 1.54) is 6.33 Å².